The fourth-order valence-corrected chi connectivity index (χ4v) is 8.31. The predicted molar refractivity (Wildman–Crippen MR) is 91.7 cm³/mol. The molecule has 0 amide bonds. The lowest BCUT2D eigenvalue weighted by Crippen LogP contribution is -2.30. The van der Waals surface area contributed by atoms with Gasteiger partial charge in [-0.15, -0.1) is 0 Å². The second-order valence-electron chi connectivity index (χ2n) is 7.01. The van der Waals surface area contributed by atoms with Gasteiger partial charge < -0.3 is 0 Å². The molecule has 0 unspecified atom stereocenters. The maximum atomic E-state index is 13.6. The maximum absolute atomic E-state index is 13.6. The van der Waals surface area contributed by atoms with Crippen molar-refractivity contribution >= 4 is 13.2 Å². The zero-order chi connectivity index (χ0) is 16.3. The summed E-state index contributed by atoms with van der Waals surface area (Å²) in [5.41, 5.74) is 0.651. The molecule has 0 aliphatic heterocycles. The highest BCUT2D eigenvalue weighted by Gasteiger charge is 2.39. The van der Waals surface area contributed by atoms with Gasteiger partial charge in [0.05, 0.1) is 5.56 Å². The molecule has 0 spiro atoms. The highest BCUT2D eigenvalue weighted by atomic mass is 31.1. The minimum Gasteiger partial charge on any atom is -0.166 e. The fourth-order valence-electron chi connectivity index (χ4n) is 4.35. The van der Waals surface area contributed by atoms with Crippen LogP contribution in [0, 0.1) is 0 Å². The van der Waals surface area contributed by atoms with E-state index in [4.69, 9.17) is 0 Å². The van der Waals surface area contributed by atoms with E-state index in [1.54, 1.807) is 12.1 Å². The van der Waals surface area contributed by atoms with E-state index in [2.05, 4.69) is 0 Å². The molecule has 4 heteroatoms. The third kappa shape index (κ3) is 4.10. The zero-order valence-electron chi connectivity index (χ0n) is 13.6. The Hall–Kier alpha value is -0.560. The summed E-state index contributed by atoms with van der Waals surface area (Å²) in [6, 6.07) is 6.45. The zero-order valence-corrected chi connectivity index (χ0v) is 14.5. The smallest absolute Gasteiger partial charge is 0.166 e. The van der Waals surface area contributed by atoms with E-state index in [0.29, 0.717) is 16.6 Å². The Labute approximate surface area is 138 Å². The van der Waals surface area contributed by atoms with Gasteiger partial charge in [-0.1, -0.05) is 64.6 Å². The van der Waals surface area contributed by atoms with Crippen LogP contribution in [0.4, 0.5) is 13.2 Å². The molecular formula is C19H26F3P. The molecule has 1 aromatic carbocycles. The molecule has 2 saturated carbocycles. The van der Waals surface area contributed by atoms with Crippen LogP contribution in [0.5, 0.6) is 0 Å². The molecule has 2 aliphatic rings. The van der Waals surface area contributed by atoms with Gasteiger partial charge in [-0.3, -0.25) is 0 Å². The van der Waals surface area contributed by atoms with Crippen LogP contribution >= 0.6 is 7.92 Å². The first-order valence-electron chi connectivity index (χ1n) is 9.02. The summed E-state index contributed by atoms with van der Waals surface area (Å²) in [6.45, 7) is 0. The average Bonchev–Trinajstić information content (AvgIpc) is 2.57. The Balaban J connectivity index is 1.97. The van der Waals surface area contributed by atoms with Gasteiger partial charge in [-0.05, 0) is 48.4 Å². The second kappa shape index (κ2) is 7.55. The molecule has 2 fully saturated rings. The number of halogens is 3. The van der Waals surface area contributed by atoms with Gasteiger partial charge in [0, 0.05) is 0 Å². The first-order chi connectivity index (χ1) is 11.1. The molecule has 3 rings (SSSR count). The van der Waals surface area contributed by atoms with Gasteiger partial charge >= 0.3 is 6.18 Å². The predicted octanol–water partition coefficient (Wildman–Crippen LogP) is 6.48. The van der Waals surface area contributed by atoms with Gasteiger partial charge in [-0.2, -0.15) is 13.2 Å². The maximum Gasteiger partial charge on any atom is 0.417 e. The number of hydrogen-bond donors (Lipinski definition) is 0. The van der Waals surface area contributed by atoms with Gasteiger partial charge in [0.2, 0.25) is 0 Å². The van der Waals surface area contributed by atoms with Crippen LogP contribution in [-0.2, 0) is 6.18 Å². The van der Waals surface area contributed by atoms with E-state index < -0.39 is 14.1 Å². The highest BCUT2D eigenvalue weighted by molar-refractivity contribution is 7.67. The van der Waals surface area contributed by atoms with Crippen molar-refractivity contribution in [3.8, 4) is 0 Å². The molecule has 0 radical (unpaired) electrons. The van der Waals surface area contributed by atoms with Gasteiger partial charge in [-0.25, -0.2) is 0 Å². The average molecular weight is 342 g/mol. The van der Waals surface area contributed by atoms with Crippen LogP contribution < -0.4 is 5.30 Å². The number of hydrogen-bond acceptors (Lipinski definition) is 0. The number of rotatable bonds is 3. The molecule has 0 heterocycles. The van der Waals surface area contributed by atoms with E-state index in [1.165, 1.54) is 44.6 Å². The van der Waals surface area contributed by atoms with Crippen molar-refractivity contribution in [2.45, 2.75) is 81.7 Å². The highest BCUT2D eigenvalue weighted by Crippen LogP contribution is 2.56. The van der Waals surface area contributed by atoms with Crippen molar-refractivity contribution in [1.82, 2.24) is 0 Å². The minimum atomic E-state index is -4.22. The molecule has 0 saturated heterocycles. The Morgan fingerprint density at radius 1 is 0.739 bits per heavy atom. The van der Waals surface area contributed by atoms with Gasteiger partial charge in [0.1, 0.15) is 0 Å². The third-order valence-electron chi connectivity index (χ3n) is 5.42. The van der Waals surface area contributed by atoms with Gasteiger partial charge in [0.25, 0.3) is 0 Å². The summed E-state index contributed by atoms with van der Waals surface area (Å²) < 4.78 is 40.7. The summed E-state index contributed by atoms with van der Waals surface area (Å²) in [7, 11) is -0.697. The van der Waals surface area contributed by atoms with E-state index >= 15 is 0 Å². The first-order valence-corrected chi connectivity index (χ1v) is 10.5. The quantitative estimate of drug-likeness (QED) is 0.552. The summed E-state index contributed by atoms with van der Waals surface area (Å²) in [5, 5.41) is 0.647. The summed E-state index contributed by atoms with van der Waals surface area (Å²) in [5.74, 6) is 0. The van der Waals surface area contributed by atoms with Crippen LogP contribution in [0.3, 0.4) is 0 Å². The van der Waals surface area contributed by atoms with Crippen molar-refractivity contribution in [2.24, 2.45) is 0 Å². The molecular weight excluding hydrogens is 316 g/mol. The Kier molecular flexibility index (Phi) is 5.67. The lowest BCUT2D eigenvalue weighted by Gasteiger charge is -2.39. The molecule has 128 valence electrons. The third-order valence-corrected chi connectivity index (χ3v) is 8.98. The van der Waals surface area contributed by atoms with Crippen LogP contribution in [0.1, 0.15) is 69.8 Å². The van der Waals surface area contributed by atoms with Crippen LogP contribution in [0.15, 0.2) is 24.3 Å². The summed E-state index contributed by atoms with van der Waals surface area (Å²) >= 11 is 0. The first kappa shape index (κ1) is 17.3. The molecule has 2 aliphatic carbocycles. The molecule has 0 bridgehead atoms. The summed E-state index contributed by atoms with van der Waals surface area (Å²) in [4.78, 5) is 0. The second-order valence-corrected chi connectivity index (χ2v) is 9.76. The fraction of sp³-hybridized carbons (Fsp3) is 0.684. The molecule has 23 heavy (non-hydrogen) atoms. The normalized spacial score (nSPS) is 21.7. The van der Waals surface area contributed by atoms with Crippen molar-refractivity contribution in [2.75, 3.05) is 0 Å². The van der Waals surface area contributed by atoms with Crippen molar-refractivity contribution in [1.29, 1.82) is 0 Å². The Bertz CT molecular complexity index is 482. The topological polar surface area (TPSA) is 0 Å². The standard InChI is InChI=1S/C19H26F3P/c20-19(21,22)17-13-7-8-14-18(17)23(15-9-3-1-4-10-15)16-11-5-2-6-12-16/h7-8,13-16H,1-6,9-12H2. The van der Waals surface area contributed by atoms with Crippen molar-refractivity contribution in [3.05, 3.63) is 29.8 Å². The molecule has 0 nitrogen and oxygen atoms in total. The van der Waals surface area contributed by atoms with Crippen LogP contribution in [0.2, 0.25) is 0 Å². The summed E-state index contributed by atoms with van der Waals surface area (Å²) in [6.07, 6.45) is 7.62. The number of alkyl halides is 3. The molecule has 0 atom stereocenters. The lowest BCUT2D eigenvalue weighted by molar-refractivity contribution is -0.136. The van der Waals surface area contributed by atoms with E-state index in [0.717, 1.165) is 25.7 Å². The van der Waals surface area contributed by atoms with Gasteiger partial charge in [0.15, 0.2) is 0 Å². The number of benzene rings is 1. The molecule has 1 aromatic rings. The minimum absolute atomic E-state index is 0.359. The van der Waals surface area contributed by atoms with E-state index in [1.807, 2.05) is 6.07 Å². The Morgan fingerprint density at radius 2 is 1.22 bits per heavy atom. The van der Waals surface area contributed by atoms with Crippen molar-refractivity contribution < 1.29 is 13.2 Å². The Morgan fingerprint density at radius 3 is 1.70 bits per heavy atom. The van der Waals surface area contributed by atoms with E-state index in [-0.39, 0.29) is 5.56 Å². The SMILES string of the molecule is FC(F)(F)c1ccccc1P(C1CCCCC1)C1CCCCC1. The molecule has 0 N–H and O–H groups in total. The monoisotopic (exact) mass is 342 g/mol. The lowest BCUT2D eigenvalue weighted by atomic mass is 9.99. The largest absolute Gasteiger partial charge is 0.417 e. The van der Waals surface area contributed by atoms with Crippen LogP contribution in [-0.4, -0.2) is 11.3 Å². The van der Waals surface area contributed by atoms with Crippen molar-refractivity contribution in [3.63, 3.8) is 0 Å². The molecule has 0 aromatic heterocycles. The van der Waals surface area contributed by atoms with E-state index in [9.17, 15) is 13.2 Å². The van der Waals surface area contributed by atoms with Crippen LogP contribution in [0.25, 0.3) is 0 Å².